The Labute approximate surface area is 220 Å². The summed E-state index contributed by atoms with van der Waals surface area (Å²) in [6.07, 6.45) is 0. The zero-order valence-electron chi connectivity index (χ0n) is 20.5. The summed E-state index contributed by atoms with van der Waals surface area (Å²) in [7, 11) is 0. The Morgan fingerprint density at radius 3 is 1.95 bits per heavy atom. The van der Waals surface area contributed by atoms with Crippen LogP contribution in [0.1, 0.15) is 0 Å². The maximum absolute atomic E-state index is 11.2. The van der Waals surface area contributed by atoms with Crippen molar-refractivity contribution in [2.45, 2.75) is 0 Å². The molecule has 38 heavy (non-hydrogen) atoms. The lowest BCUT2D eigenvalue weighted by atomic mass is 9.89. The molecule has 3 nitrogen and oxygen atoms in total. The van der Waals surface area contributed by atoms with Gasteiger partial charge in [0, 0.05) is 5.39 Å². The Hall–Kier alpha value is -5.15. The van der Waals surface area contributed by atoms with Crippen LogP contribution in [-0.2, 0) is 4.79 Å². The SMILES string of the molecule is Nc1c(OC=O)cc2c3c(cccc13)-c1ccc(-c3cc(-c4ccccc4)ccc3-c3ccccc3)cc1-2. The van der Waals surface area contributed by atoms with Gasteiger partial charge in [0.05, 0.1) is 5.69 Å². The number of ether oxygens (including phenoxy) is 1. The van der Waals surface area contributed by atoms with E-state index in [1.807, 2.05) is 30.3 Å². The van der Waals surface area contributed by atoms with Crippen LogP contribution >= 0.6 is 0 Å². The fraction of sp³-hybridized carbons (Fsp3) is 0. The highest BCUT2D eigenvalue weighted by Gasteiger charge is 2.25. The highest BCUT2D eigenvalue weighted by atomic mass is 16.5. The predicted octanol–water partition coefficient (Wildman–Crippen LogP) is 8.61. The first kappa shape index (κ1) is 22.1. The third-order valence-corrected chi connectivity index (χ3v) is 7.46. The van der Waals surface area contributed by atoms with Crippen LogP contribution in [0.2, 0.25) is 0 Å². The summed E-state index contributed by atoms with van der Waals surface area (Å²) in [4.78, 5) is 11.2. The lowest BCUT2D eigenvalue weighted by molar-refractivity contribution is -0.120. The van der Waals surface area contributed by atoms with Gasteiger partial charge in [-0.05, 0) is 79.2 Å². The van der Waals surface area contributed by atoms with Crippen molar-refractivity contribution in [2.24, 2.45) is 0 Å². The molecule has 7 rings (SSSR count). The van der Waals surface area contributed by atoms with Crippen molar-refractivity contribution in [3.05, 3.63) is 121 Å². The average Bonchev–Trinajstić information content (AvgIpc) is 3.30. The third kappa shape index (κ3) is 3.40. The van der Waals surface area contributed by atoms with Gasteiger partial charge in [0.1, 0.15) is 0 Å². The quantitative estimate of drug-likeness (QED) is 0.194. The van der Waals surface area contributed by atoms with E-state index in [9.17, 15) is 4.79 Å². The summed E-state index contributed by atoms with van der Waals surface area (Å²) < 4.78 is 5.28. The van der Waals surface area contributed by atoms with Crippen molar-refractivity contribution < 1.29 is 9.53 Å². The molecule has 0 unspecified atom stereocenters. The number of rotatable bonds is 5. The molecule has 0 saturated carbocycles. The van der Waals surface area contributed by atoms with Crippen LogP contribution in [-0.4, -0.2) is 6.47 Å². The normalized spacial score (nSPS) is 11.4. The van der Waals surface area contributed by atoms with Crippen molar-refractivity contribution in [3.8, 4) is 61.4 Å². The van der Waals surface area contributed by atoms with Gasteiger partial charge in [0.15, 0.2) is 5.75 Å². The Kier molecular flexibility index (Phi) is 5.09. The molecule has 0 fully saturated rings. The van der Waals surface area contributed by atoms with Crippen molar-refractivity contribution in [1.82, 2.24) is 0 Å². The molecule has 0 heterocycles. The van der Waals surface area contributed by atoms with E-state index in [1.165, 1.54) is 22.3 Å². The van der Waals surface area contributed by atoms with Gasteiger partial charge in [0.2, 0.25) is 0 Å². The van der Waals surface area contributed by atoms with E-state index in [0.29, 0.717) is 17.9 Å². The fourth-order valence-corrected chi connectivity index (χ4v) is 5.70. The molecule has 6 aromatic carbocycles. The molecule has 1 aliphatic rings. The van der Waals surface area contributed by atoms with Crippen LogP contribution < -0.4 is 10.5 Å². The van der Waals surface area contributed by atoms with Crippen LogP contribution in [0, 0.1) is 0 Å². The molecule has 0 bridgehead atoms. The van der Waals surface area contributed by atoms with Crippen LogP contribution in [0.4, 0.5) is 5.69 Å². The number of carbonyl (C=O) groups is 1. The Morgan fingerprint density at radius 1 is 0.500 bits per heavy atom. The number of fused-ring (bicyclic) bond motifs is 3. The van der Waals surface area contributed by atoms with E-state index in [0.717, 1.165) is 44.2 Å². The number of nitrogen functional groups attached to an aromatic ring is 1. The van der Waals surface area contributed by atoms with E-state index >= 15 is 0 Å². The molecule has 0 aliphatic heterocycles. The molecule has 6 aromatic rings. The second-order valence-electron chi connectivity index (χ2n) is 9.53. The van der Waals surface area contributed by atoms with Crippen molar-refractivity contribution in [3.63, 3.8) is 0 Å². The maximum Gasteiger partial charge on any atom is 0.298 e. The minimum atomic E-state index is 0.383. The minimum Gasteiger partial charge on any atom is -0.426 e. The van der Waals surface area contributed by atoms with E-state index in [-0.39, 0.29) is 0 Å². The Bertz CT molecular complexity index is 1860. The van der Waals surface area contributed by atoms with E-state index in [2.05, 4.69) is 91.0 Å². The zero-order valence-corrected chi connectivity index (χ0v) is 20.5. The number of carbonyl (C=O) groups excluding carboxylic acids is 1. The fourth-order valence-electron chi connectivity index (χ4n) is 5.70. The van der Waals surface area contributed by atoms with Crippen LogP contribution in [0.3, 0.4) is 0 Å². The molecule has 0 radical (unpaired) electrons. The molecule has 180 valence electrons. The van der Waals surface area contributed by atoms with Gasteiger partial charge >= 0.3 is 0 Å². The summed E-state index contributed by atoms with van der Waals surface area (Å²) in [5, 5.41) is 1.99. The van der Waals surface area contributed by atoms with E-state index < -0.39 is 0 Å². The molecule has 0 saturated heterocycles. The number of hydrogen-bond acceptors (Lipinski definition) is 3. The first-order chi connectivity index (χ1) is 18.7. The molecule has 0 aromatic heterocycles. The molecule has 1 aliphatic carbocycles. The lowest BCUT2D eigenvalue weighted by Gasteiger charge is -2.15. The lowest BCUT2D eigenvalue weighted by Crippen LogP contribution is -1.96. The van der Waals surface area contributed by atoms with Gasteiger partial charge in [-0.15, -0.1) is 0 Å². The highest BCUT2D eigenvalue weighted by Crippen LogP contribution is 2.52. The standard InChI is InChI=1S/C35H23NO2/c36-35-29-13-7-12-28-27-17-15-25(19-31(27)32(34(28)29)20-33(35)38-21-37)30-18-24(22-8-3-1-4-9-22)14-16-26(30)23-10-5-2-6-11-23/h1-21H,36H2. The monoisotopic (exact) mass is 489 g/mol. The topological polar surface area (TPSA) is 52.3 Å². The number of benzene rings is 6. The number of anilines is 1. The van der Waals surface area contributed by atoms with Gasteiger partial charge < -0.3 is 10.5 Å². The first-order valence-electron chi connectivity index (χ1n) is 12.6. The van der Waals surface area contributed by atoms with Crippen molar-refractivity contribution >= 4 is 22.9 Å². The molecule has 0 atom stereocenters. The summed E-state index contributed by atoms with van der Waals surface area (Å²) >= 11 is 0. The van der Waals surface area contributed by atoms with Gasteiger partial charge in [-0.25, -0.2) is 0 Å². The first-order valence-corrected chi connectivity index (χ1v) is 12.6. The number of hydrogen-bond donors (Lipinski definition) is 1. The summed E-state index contributed by atoms with van der Waals surface area (Å²) in [5.41, 5.74) is 18.3. The summed E-state index contributed by atoms with van der Waals surface area (Å²) in [5.74, 6) is 0.383. The zero-order chi connectivity index (χ0) is 25.6. The largest absolute Gasteiger partial charge is 0.426 e. The van der Waals surface area contributed by atoms with Crippen LogP contribution in [0.15, 0.2) is 121 Å². The molecular weight excluding hydrogens is 466 g/mol. The van der Waals surface area contributed by atoms with Gasteiger partial charge in [0.25, 0.3) is 6.47 Å². The smallest absolute Gasteiger partial charge is 0.298 e. The second-order valence-corrected chi connectivity index (χ2v) is 9.53. The second kappa shape index (κ2) is 8.75. The van der Waals surface area contributed by atoms with Crippen LogP contribution in [0.5, 0.6) is 5.75 Å². The molecule has 0 spiro atoms. The molecule has 3 heteroatoms. The molecule has 0 amide bonds. The number of nitrogens with two attached hydrogens (primary N) is 1. The van der Waals surface area contributed by atoms with Gasteiger partial charge in [-0.3, -0.25) is 4.79 Å². The third-order valence-electron chi connectivity index (χ3n) is 7.46. The van der Waals surface area contributed by atoms with Crippen molar-refractivity contribution in [1.29, 1.82) is 0 Å². The summed E-state index contributed by atoms with van der Waals surface area (Å²) in [6.45, 7) is 0.432. The highest BCUT2D eigenvalue weighted by molar-refractivity contribution is 6.19. The average molecular weight is 490 g/mol. The maximum atomic E-state index is 11.2. The van der Waals surface area contributed by atoms with E-state index in [1.54, 1.807) is 0 Å². The predicted molar refractivity (Wildman–Crippen MR) is 156 cm³/mol. The minimum absolute atomic E-state index is 0.383. The van der Waals surface area contributed by atoms with E-state index in [4.69, 9.17) is 10.5 Å². The summed E-state index contributed by atoms with van der Waals surface area (Å²) in [6, 6.07) is 42.3. The Morgan fingerprint density at radius 2 is 1.18 bits per heavy atom. The van der Waals surface area contributed by atoms with Gasteiger partial charge in [-0.1, -0.05) is 103 Å². The van der Waals surface area contributed by atoms with Crippen molar-refractivity contribution in [2.75, 3.05) is 5.73 Å². The molecule has 2 N–H and O–H groups in total. The molecular formula is C35H23NO2. The van der Waals surface area contributed by atoms with Gasteiger partial charge in [-0.2, -0.15) is 0 Å². The van der Waals surface area contributed by atoms with Crippen LogP contribution in [0.25, 0.3) is 66.4 Å². The Balaban J connectivity index is 1.47.